The van der Waals surface area contributed by atoms with Gasteiger partial charge in [-0.25, -0.2) is 28.0 Å². The number of amides is 1. The first-order chi connectivity index (χ1) is 14.9. The molecule has 0 spiro atoms. The van der Waals surface area contributed by atoms with Crippen molar-refractivity contribution in [2.75, 3.05) is 4.90 Å². The summed E-state index contributed by atoms with van der Waals surface area (Å²) in [6.45, 7) is 2.77. The largest absolute Gasteiger partial charge is 0.336 e. The highest BCUT2D eigenvalue weighted by Gasteiger charge is 2.30. The Bertz CT molecular complexity index is 1280. The summed E-state index contributed by atoms with van der Waals surface area (Å²) < 4.78 is 47.6. The number of halogens is 3. The van der Waals surface area contributed by atoms with Gasteiger partial charge in [0.05, 0.1) is 16.9 Å². The van der Waals surface area contributed by atoms with Gasteiger partial charge in [-0.2, -0.15) is 0 Å². The minimum Gasteiger partial charge on any atom is -0.336 e. The Kier molecular flexibility index (Phi) is 5.24. The third-order valence-electron chi connectivity index (χ3n) is 4.61. The summed E-state index contributed by atoms with van der Waals surface area (Å²) >= 11 is 0. The zero-order valence-electron chi connectivity index (χ0n) is 16.4. The number of aryl methyl sites for hydroxylation is 1. The van der Waals surface area contributed by atoms with Crippen LogP contribution in [0.2, 0.25) is 0 Å². The molecule has 0 unspecified atom stereocenters. The smallest absolute Gasteiger partial charge is 0.248 e. The molecule has 9 heteroatoms. The Morgan fingerprint density at radius 2 is 1.81 bits per heavy atom. The lowest BCUT2D eigenvalue weighted by atomic mass is 10.0. The molecule has 6 nitrogen and oxygen atoms in total. The van der Waals surface area contributed by atoms with Crippen LogP contribution in [0, 0.1) is 24.4 Å². The van der Waals surface area contributed by atoms with Crippen LogP contribution in [0.1, 0.15) is 12.5 Å². The van der Waals surface area contributed by atoms with Crippen LogP contribution in [-0.4, -0.2) is 21.0 Å². The Morgan fingerprint density at radius 1 is 1.03 bits per heavy atom. The molecule has 0 atom stereocenters. The Hall–Kier alpha value is -4.01. The van der Waals surface area contributed by atoms with E-state index in [0.29, 0.717) is 16.8 Å². The summed E-state index contributed by atoms with van der Waals surface area (Å²) in [5, 5.41) is 4.05. The van der Waals surface area contributed by atoms with E-state index in [-0.39, 0.29) is 22.8 Å². The third-order valence-corrected chi connectivity index (χ3v) is 4.61. The van der Waals surface area contributed by atoms with E-state index in [2.05, 4.69) is 15.1 Å². The van der Waals surface area contributed by atoms with E-state index in [1.54, 1.807) is 19.1 Å². The van der Waals surface area contributed by atoms with Gasteiger partial charge in [0.15, 0.2) is 0 Å². The van der Waals surface area contributed by atoms with E-state index in [1.807, 2.05) is 0 Å². The lowest BCUT2D eigenvalue weighted by Gasteiger charge is -2.19. The minimum absolute atomic E-state index is 0.160. The summed E-state index contributed by atoms with van der Waals surface area (Å²) in [4.78, 5) is 21.4. The average Bonchev–Trinajstić information content (AvgIpc) is 3.17. The summed E-state index contributed by atoms with van der Waals surface area (Å²) in [5.41, 5.74) is 1.33. The van der Waals surface area contributed by atoms with Gasteiger partial charge in [-0.15, -0.1) is 0 Å². The topological polar surface area (TPSA) is 72.1 Å². The molecule has 4 rings (SSSR count). The molecule has 2 heterocycles. The maximum absolute atomic E-state index is 14.5. The predicted molar refractivity (Wildman–Crippen MR) is 107 cm³/mol. The number of benzene rings is 2. The second-order valence-electron chi connectivity index (χ2n) is 6.72. The Labute approximate surface area is 175 Å². The lowest BCUT2D eigenvalue weighted by Crippen LogP contribution is -2.24. The first-order valence-corrected chi connectivity index (χ1v) is 9.15. The second-order valence-corrected chi connectivity index (χ2v) is 6.72. The number of hydrogen-bond donors (Lipinski definition) is 0. The van der Waals surface area contributed by atoms with Gasteiger partial charge < -0.3 is 4.52 Å². The van der Waals surface area contributed by atoms with Gasteiger partial charge in [-0.3, -0.25) is 4.79 Å². The Balaban J connectivity index is 1.99. The monoisotopic (exact) mass is 424 g/mol. The molecule has 31 heavy (non-hydrogen) atoms. The van der Waals surface area contributed by atoms with Crippen molar-refractivity contribution in [3.63, 3.8) is 0 Å². The van der Waals surface area contributed by atoms with E-state index >= 15 is 0 Å². The van der Waals surface area contributed by atoms with Crippen molar-refractivity contribution in [1.29, 1.82) is 0 Å². The molecule has 2 aromatic carbocycles. The van der Waals surface area contributed by atoms with Crippen molar-refractivity contribution >= 4 is 17.5 Å². The third kappa shape index (κ3) is 3.77. The van der Waals surface area contributed by atoms with Gasteiger partial charge in [0, 0.05) is 24.8 Å². The van der Waals surface area contributed by atoms with Crippen molar-refractivity contribution in [1.82, 2.24) is 15.1 Å². The predicted octanol–water partition coefficient (Wildman–Crippen LogP) is 5.21. The van der Waals surface area contributed by atoms with Gasteiger partial charge >= 0.3 is 0 Å². The maximum atomic E-state index is 14.5. The van der Waals surface area contributed by atoms with E-state index in [9.17, 15) is 18.0 Å². The zero-order chi connectivity index (χ0) is 22.1. The molecule has 0 saturated carbocycles. The number of anilines is 2. The number of aromatic nitrogens is 3. The summed E-state index contributed by atoms with van der Waals surface area (Å²) in [7, 11) is 0. The summed E-state index contributed by atoms with van der Waals surface area (Å²) in [6, 6.07) is 8.61. The lowest BCUT2D eigenvalue weighted by molar-refractivity contribution is -0.116. The van der Waals surface area contributed by atoms with Gasteiger partial charge in [-0.1, -0.05) is 5.16 Å². The van der Waals surface area contributed by atoms with E-state index in [4.69, 9.17) is 4.52 Å². The van der Waals surface area contributed by atoms with Gasteiger partial charge in [0.25, 0.3) is 0 Å². The van der Waals surface area contributed by atoms with Crippen LogP contribution in [0.25, 0.3) is 22.5 Å². The highest BCUT2D eigenvalue weighted by molar-refractivity contribution is 6.03. The first kappa shape index (κ1) is 20.3. The number of hydrogen-bond acceptors (Lipinski definition) is 5. The second kappa shape index (κ2) is 8.02. The van der Waals surface area contributed by atoms with Crippen molar-refractivity contribution in [2.45, 2.75) is 13.8 Å². The summed E-state index contributed by atoms with van der Waals surface area (Å²) in [5.74, 6) is -2.77. The van der Waals surface area contributed by atoms with Crippen LogP contribution >= 0.6 is 0 Å². The molecule has 1 amide bonds. The molecular weight excluding hydrogens is 409 g/mol. The summed E-state index contributed by atoms with van der Waals surface area (Å²) in [6.07, 6.45) is 2.76. The Morgan fingerprint density at radius 3 is 2.48 bits per heavy atom. The van der Waals surface area contributed by atoms with E-state index < -0.39 is 23.4 Å². The van der Waals surface area contributed by atoms with Crippen molar-refractivity contribution < 1.29 is 22.5 Å². The molecule has 0 N–H and O–H groups in total. The maximum Gasteiger partial charge on any atom is 0.248 e. The van der Waals surface area contributed by atoms with Gasteiger partial charge in [0.1, 0.15) is 29.5 Å². The van der Waals surface area contributed by atoms with E-state index in [0.717, 1.165) is 23.1 Å². The molecule has 0 fully saturated rings. The highest BCUT2D eigenvalue weighted by atomic mass is 19.1. The fourth-order valence-corrected chi connectivity index (χ4v) is 3.17. The van der Waals surface area contributed by atoms with Crippen LogP contribution in [0.5, 0.6) is 0 Å². The molecule has 0 saturated heterocycles. The van der Waals surface area contributed by atoms with Crippen LogP contribution in [0.3, 0.4) is 0 Å². The molecule has 0 aliphatic rings. The molecular formula is C22H15F3N4O2. The zero-order valence-corrected chi connectivity index (χ0v) is 16.4. The van der Waals surface area contributed by atoms with Crippen molar-refractivity contribution in [3.8, 4) is 22.5 Å². The molecule has 4 aromatic rings. The van der Waals surface area contributed by atoms with Crippen LogP contribution in [0.4, 0.5) is 24.7 Å². The van der Waals surface area contributed by atoms with Crippen LogP contribution in [-0.2, 0) is 4.79 Å². The fraction of sp³-hybridized carbons (Fsp3) is 0.0909. The van der Waals surface area contributed by atoms with Gasteiger partial charge in [0.2, 0.25) is 11.8 Å². The van der Waals surface area contributed by atoms with Crippen molar-refractivity contribution in [2.24, 2.45) is 0 Å². The first-order valence-electron chi connectivity index (χ1n) is 9.15. The standard InChI is InChI=1S/C22H15F3N4O2/c1-12-9-14(3-5-16(12)24)21-20(18-7-8-26-11-27-18)22(31-28-21)29(13(2)30)19-10-15(23)4-6-17(19)25/h3-11H,1-2H3. The number of nitrogens with zero attached hydrogens (tertiary/aromatic N) is 4. The molecule has 2 aromatic heterocycles. The van der Waals surface area contributed by atoms with Gasteiger partial charge in [-0.05, 0) is 48.9 Å². The highest BCUT2D eigenvalue weighted by Crippen LogP contribution is 2.42. The van der Waals surface area contributed by atoms with Crippen molar-refractivity contribution in [3.05, 3.63) is 78.0 Å². The van der Waals surface area contributed by atoms with Crippen LogP contribution in [0.15, 0.2) is 59.5 Å². The molecule has 0 aliphatic heterocycles. The number of rotatable bonds is 4. The number of carbonyl (C=O) groups excluding carboxylic acids is 1. The molecule has 0 radical (unpaired) electrons. The molecule has 156 valence electrons. The fourth-order valence-electron chi connectivity index (χ4n) is 3.17. The molecule has 0 aliphatic carbocycles. The number of carbonyl (C=O) groups is 1. The minimum atomic E-state index is -0.833. The van der Waals surface area contributed by atoms with Crippen LogP contribution < -0.4 is 4.90 Å². The quantitative estimate of drug-likeness (QED) is 0.450. The van der Waals surface area contributed by atoms with E-state index in [1.165, 1.54) is 31.6 Å². The normalized spacial score (nSPS) is 10.9. The molecule has 0 bridgehead atoms. The SMILES string of the molecule is CC(=O)N(c1cc(F)ccc1F)c1onc(-c2ccc(F)c(C)c2)c1-c1ccncn1. The average molecular weight is 424 g/mol.